The van der Waals surface area contributed by atoms with Crippen molar-refractivity contribution in [2.75, 3.05) is 13.6 Å². The zero-order chi connectivity index (χ0) is 25.8. The van der Waals surface area contributed by atoms with E-state index < -0.39 is 6.04 Å². The Morgan fingerprint density at radius 1 is 0.919 bits per heavy atom. The lowest BCUT2D eigenvalue weighted by Gasteiger charge is -2.35. The molecular weight excluding hydrogens is 460 g/mol. The molecule has 0 spiro atoms. The van der Waals surface area contributed by atoms with Gasteiger partial charge in [0.1, 0.15) is 6.04 Å². The van der Waals surface area contributed by atoms with Crippen LogP contribution in [0.25, 0.3) is 21.9 Å². The number of rotatable bonds is 7. The number of benzene rings is 2. The van der Waals surface area contributed by atoms with Crippen molar-refractivity contribution in [3.63, 3.8) is 0 Å². The predicted molar refractivity (Wildman–Crippen MR) is 148 cm³/mol. The van der Waals surface area contributed by atoms with Crippen LogP contribution in [0.1, 0.15) is 63.5 Å². The molecule has 37 heavy (non-hydrogen) atoms. The molecule has 2 aromatic carbocycles. The highest BCUT2D eigenvalue weighted by atomic mass is 16.2. The summed E-state index contributed by atoms with van der Waals surface area (Å²) in [5, 5.41) is 8.55. The van der Waals surface area contributed by atoms with Crippen LogP contribution in [0.2, 0.25) is 0 Å². The number of aromatic nitrogens is 1. The van der Waals surface area contributed by atoms with Gasteiger partial charge < -0.3 is 15.5 Å². The number of pyridine rings is 1. The Labute approximate surface area is 219 Å². The van der Waals surface area contributed by atoms with Crippen molar-refractivity contribution < 1.29 is 9.59 Å². The lowest BCUT2D eigenvalue weighted by Crippen LogP contribution is -2.55. The van der Waals surface area contributed by atoms with E-state index in [0.717, 1.165) is 55.2 Å². The molecule has 2 heterocycles. The van der Waals surface area contributed by atoms with E-state index >= 15 is 0 Å². The second-order valence-electron chi connectivity index (χ2n) is 10.7. The standard InChI is InChI=1S/C31H38N4O2/c1-21(32-2)30(36)34-29(23-10-4-3-5-11-23)31(37)35-16-8-13-28(35)27-18-26(19-33-20-27)25-15-14-22-9-6-7-12-24(22)17-25/h6-7,9,12,14-15,17-21,23,28-29,32H,3-5,8,10-11,13,16H2,1-2H3,(H,34,36)/t21?,28-,29-/m0/s1. The van der Waals surface area contributed by atoms with Crippen molar-refractivity contribution in [2.24, 2.45) is 5.92 Å². The lowest BCUT2D eigenvalue weighted by molar-refractivity contribution is -0.139. The SMILES string of the molecule is CNC(C)C(=O)N[C@H](C(=O)N1CCC[C@H]1c1cncc(-c2ccc3ccccc3c2)c1)C1CCCCC1. The van der Waals surface area contributed by atoms with Crippen molar-refractivity contribution in [1.82, 2.24) is 20.5 Å². The molecule has 1 aromatic heterocycles. The van der Waals surface area contributed by atoms with Crippen molar-refractivity contribution in [2.45, 2.75) is 70.0 Å². The molecule has 5 rings (SSSR count). The molecule has 6 heteroatoms. The first-order chi connectivity index (χ1) is 18.0. The van der Waals surface area contributed by atoms with Gasteiger partial charge in [0.15, 0.2) is 0 Å². The fourth-order valence-electron chi connectivity index (χ4n) is 5.98. The number of hydrogen-bond acceptors (Lipinski definition) is 4. The molecule has 2 amide bonds. The molecule has 0 bridgehead atoms. The third-order valence-electron chi connectivity index (χ3n) is 8.27. The number of likely N-dealkylation sites (tertiary alicyclic amines) is 1. The van der Waals surface area contributed by atoms with E-state index in [9.17, 15) is 9.59 Å². The summed E-state index contributed by atoms with van der Waals surface area (Å²) in [7, 11) is 1.77. The molecule has 6 nitrogen and oxygen atoms in total. The quantitative estimate of drug-likeness (QED) is 0.467. The van der Waals surface area contributed by atoms with Gasteiger partial charge in [0.05, 0.1) is 12.1 Å². The fraction of sp³-hybridized carbons (Fsp3) is 0.452. The molecule has 194 valence electrons. The summed E-state index contributed by atoms with van der Waals surface area (Å²) in [6.45, 7) is 2.55. The van der Waals surface area contributed by atoms with Gasteiger partial charge in [-0.15, -0.1) is 0 Å². The third-order valence-corrected chi connectivity index (χ3v) is 8.27. The highest BCUT2D eigenvalue weighted by Gasteiger charge is 2.39. The molecule has 2 N–H and O–H groups in total. The number of likely N-dealkylation sites (N-methyl/N-ethyl adjacent to an activating group) is 1. The van der Waals surface area contributed by atoms with E-state index in [4.69, 9.17) is 0 Å². The summed E-state index contributed by atoms with van der Waals surface area (Å²) in [4.78, 5) is 33.5. The molecule has 1 unspecified atom stereocenters. The summed E-state index contributed by atoms with van der Waals surface area (Å²) in [5.41, 5.74) is 3.24. The number of amides is 2. The second-order valence-corrected chi connectivity index (χ2v) is 10.7. The molecule has 3 atom stereocenters. The van der Waals surface area contributed by atoms with Gasteiger partial charge in [-0.25, -0.2) is 0 Å². The maximum atomic E-state index is 14.0. The Hall–Kier alpha value is -3.25. The Balaban J connectivity index is 1.40. The minimum Gasteiger partial charge on any atom is -0.343 e. The van der Waals surface area contributed by atoms with Gasteiger partial charge in [0.2, 0.25) is 11.8 Å². The minimum absolute atomic E-state index is 0.0230. The molecule has 0 radical (unpaired) electrons. The number of nitrogens with zero attached hydrogens (tertiary/aromatic N) is 2. The number of hydrogen-bond donors (Lipinski definition) is 2. The molecule has 3 aromatic rings. The Morgan fingerprint density at radius 2 is 1.70 bits per heavy atom. The average molecular weight is 499 g/mol. The molecule has 1 aliphatic heterocycles. The Kier molecular flexibility index (Phi) is 7.85. The largest absolute Gasteiger partial charge is 0.343 e. The van der Waals surface area contributed by atoms with Gasteiger partial charge in [-0.1, -0.05) is 55.7 Å². The molecular formula is C31H38N4O2. The summed E-state index contributed by atoms with van der Waals surface area (Å²) in [5.74, 6) is 0.141. The molecule has 2 fully saturated rings. The van der Waals surface area contributed by atoms with Crippen LogP contribution in [0.5, 0.6) is 0 Å². The predicted octanol–water partition coefficient (Wildman–Crippen LogP) is 5.24. The van der Waals surface area contributed by atoms with Gasteiger partial charge >= 0.3 is 0 Å². The van der Waals surface area contributed by atoms with E-state index in [2.05, 4.69) is 64.1 Å². The van der Waals surface area contributed by atoms with Crippen LogP contribution in [0.3, 0.4) is 0 Å². The van der Waals surface area contributed by atoms with Crippen LogP contribution in [0, 0.1) is 5.92 Å². The van der Waals surface area contributed by atoms with Crippen LogP contribution in [-0.4, -0.2) is 47.4 Å². The zero-order valence-corrected chi connectivity index (χ0v) is 22.0. The van der Waals surface area contributed by atoms with Gasteiger partial charge in [0.25, 0.3) is 0 Å². The van der Waals surface area contributed by atoms with Crippen molar-refractivity contribution in [1.29, 1.82) is 0 Å². The second kappa shape index (κ2) is 11.4. The number of nitrogens with one attached hydrogen (secondary N) is 2. The zero-order valence-electron chi connectivity index (χ0n) is 22.0. The number of fused-ring (bicyclic) bond motifs is 1. The van der Waals surface area contributed by atoms with Crippen LogP contribution in [-0.2, 0) is 9.59 Å². The Bertz CT molecular complexity index is 1250. The summed E-state index contributed by atoms with van der Waals surface area (Å²) in [6.07, 6.45) is 11.1. The molecule has 1 saturated heterocycles. The lowest BCUT2D eigenvalue weighted by atomic mass is 9.83. The third kappa shape index (κ3) is 5.54. The van der Waals surface area contributed by atoms with E-state index in [1.807, 2.05) is 24.2 Å². The van der Waals surface area contributed by atoms with E-state index in [0.29, 0.717) is 6.54 Å². The van der Waals surface area contributed by atoms with Crippen molar-refractivity contribution in [3.05, 3.63) is 66.5 Å². The van der Waals surface area contributed by atoms with Crippen LogP contribution in [0.4, 0.5) is 0 Å². The monoisotopic (exact) mass is 498 g/mol. The summed E-state index contributed by atoms with van der Waals surface area (Å²) in [6, 6.07) is 16.2. The smallest absolute Gasteiger partial charge is 0.245 e. The fourth-order valence-corrected chi connectivity index (χ4v) is 5.98. The number of carbonyl (C=O) groups excluding carboxylic acids is 2. The first kappa shape index (κ1) is 25.4. The minimum atomic E-state index is -0.471. The Morgan fingerprint density at radius 3 is 2.49 bits per heavy atom. The molecule has 1 saturated carbocycles. The molecule has 2 aliphatic rings. The topological polar surface area (TPSA) is 74.3 Å². The first-order valence-corrected chi connectivity index (χ1v) is 13.8. The van der Waals surface area contributed by atoms with E-state index in [1.165, 1.54) is 17.2 Å². The molecule has 1 aliphatic carbocycles. The summed E-state index contributed by atoms with van der Waals surface area (Å²) < 4.78 is 0. The van der Waals surface area contributed by atoms with Crippen LogP contribution in [0.15, 0.2) is 60.9 Å². The van der Waals surface area contributed by atoms with Crippen LogP contribution >= 0.6 is 0 Å². The van der Waals surface area contributed by atoms with Gasteiger partial charge in [-0.05, 0) is 79.6 Å². The van der Waals surface area contributed by atoms with Crippen molar-refractivity contribution in [3.8, 4) is 11.1 Å². The highest BCUT2D eigenvalue weighted by molar-refractivity contribution is 5.90. The van der Waals surface area contributed by atoms with Gasteiger partial charge in [0, 0.05) is 24.5 Å². The normalized spacial score (nSPS) is 20.1. The highest BCUT2D eigenvalue weighted by Crippen LogP contribution is 2.36. The van der Waals surface area contributed by atoms with Gasteiger partial charge in [-0.2, -0.15) is 0 Å². The van der Waals surface area contributed by atoms with Gasteiger partial charge in [-0.3, -0.25) is 14.6 Å². The van der Waals surface area contributed by atoms with E-state index in [-0.39, 0.29) is 29.8 Å². The summed E-state index contributed by atoms with van der Waals surface area (Å²) >= 11 is 0. The van der Waals surface area contributed by atoms with Crippen LogP contribution < -0.4 is 10.6 Å². The number of carbonyl (C=O) groups is 2. The van der Waals surface area contributed by atoms with E-state index in [1.54, 1.807) is 7.05 Å². The first-order valence-electron chi connectivity index (χ1n) is 13.8. The average Bonchev–Trinajstić information content (AvgIpc) is 3.45. The van der Waals surface area contributed by atoms with Crippen molar-refractivity contribution >= 4 is 22.6 Å². The maximum absolute atomic E-state index is 14.0. The maximum Gasteiger partial charge on any atom is 0.245 e.